The van der Waals surface area contributed by atoms with E-state index < -0.39 is 0 Å². The molecule has 1 saturated heterocycles. The topological polar surface area (TPSA) is 71.2 Å². The number of nitrogen functional groups attached to an aromatic ring is 1. The third kappa shape index (κ3) is 1.80. The van der Waals surface area contributed by atoms with Gasteiger partial charge in [-0.3, -0.25) is 4.79 Å². The molecule has 5 nitrogen and oxygen atoms in total. The molecule has 1 aromatic rings. The Labute approximate surface area is 94.6 Å². The number of likely N-dealkylation sites (N-methyl/N-ethyl adjacent to an activating group) is 1. The van der Waals surface area contributed by atoms with Gasteiger partial charge in [0.05, 0.1) is 5.69 Å². The molecule has 1 fully saturated rings. The molecule has 16 heavy (non-hydrogen) atoms. The third-order valence-corrected chi connectivity index (χ3v) is 2.89. The van der Waals surface area contributed by atoms with Crippen LogP contribution in [0.2, 0.25) is 0 Å². The summed E-state index contributed by atoms with van der Waals surface area (Å²) in [5.41, 5.74) is 6.49. The Morgan fingerprint density at radius 2 is 2.50 bits per heavy atom. The number of hydrogen-bond donors (Lipinski definition) is 2. The van der Waals surface area contributed by atoms with Crippen molar-refractivity contribution in [1.29, 1.82) is 0 Å². The lowest BCUT2D eigenvalue weighted by atomic mass is 10.2. The van der Waals surface area contributed by atoms with Crippen LogP contribution in [0.25, 0.3) is 0 Å². The van der Waals surface area contributed by atoms with Gasteiger partial charge in [0, 0.05) is 19.8 Å². The van der Waals surface area contributed by atoms with E-state index in [1.54, 1.807) is 19.3 Å². The molecule has 1 aliphatic heterocycles. The summed E-state index contributed by atoms with van der Waals surface area (Å²) in [5.74, 6) is 0.746. The van der Waals surface area contributed by atoms with Crippen molar-refractivity contribution in [3.05, 3.63) is 18.3 Å². The molecule has 0 radical (unpaired) electrons. The van der Waals surface area contributed by atoms with E-state index in [0.717, 1.165) is 19.4 Å². The smallest absolute Gasteiger partial charge is 0.242 e. The van der Waals surface area contributed by atoms with Crippen molar-refractivity contribution in [3.63, 3.8) is 0 Å². The molecule has 2 heterocycles. The predicted molar refractivity (Wildman–Crippen MR) is 63.1 cm³/mol. The molecular formula is C11H16N4O. The molecule has 1 amide bonds. The van der Waals surface area contributed by atoms with Crippen LogP contribution in [-0.4, -0.2) is 30.5 Å². The minimum absolute atomic E-state index is 0.0301. The van der Waals surface area contributed by atoms with Crippen LogP contribution in [-0.2, 0) is 4.79 Å². The zero-order valence-electron chi connectivity index (χ0n) is 9.31. The molecule has 0 spiro atoms. The van der Waals surface area contributed by atoms with E-state index in [-0.39, 0.29) is 11.9 Å². The van der Waals surface area contributed by atoms with Crippen LogP contribution in [0.3, 0.4) is 0 Å². The number of aromatic nitrogens is 1. The number of amides is 1. The monoisotopic (exact) mass is 220 g/mol. The Bertz CT molecular complexity index is 393. The fourth-order valence-electron chi connectivity index (χ4n) is 2.11. The maximum atomic E-state index is 11.7. The highest BCUT2D eigenvalue weighted by molar-refractivity contribution is 5.86. The lowest BCUT2D eigenvalue weighted by molar-refractivity contribution is -0.121. The lowest BCUT2D eigenvalue weighted by Crippen LogP contribution is -2.42. The number of nitrogens with one attached hydrogen (secondary N) is 1. The molecule has 1 aromatic heterocycles. The Morgan fingerprint density at radius 3 is 3.19 bits per heavy atom. The maximum Gasteiger partial charge on any atom is 0.242 e. The van der Waals surface area contributed by atoms with Gasteiger partial charge in [-0.05, 0) is 25.0 Å². The van der Waals surface area contributed by atoms with E-state index >= 15 is 0 Å². The number of nitrogens with zero attached hydrogens (tertiary/aromatic N) is 2. The Morgan fingerprint density at radius 1 is 1.69 bits per heavy atom. The van der Waals surface area contributed by atoms with Crippen LogP contribution in [0.1, 0.15) is 12.8 Å². The molecule has 1 atom stereocenters. The minimum Gasteiger partial charge on any atom is -0.396 e. The summed E-state index contributed by atoms with van der Waals surface area (Å²) in [5, 5.41) is 2.68. The first-order valence-corrected chi connectivity index (χ1v) is 5.42. The molecule has 1 aliphatic rings. The fraction of sp³-hybridized carbons (Fsp3) is 0.455. The van der Waals surface area contributed by atoms with Crippen molar-refractivity contribution < 1.29 is 4.79 Å². The van der Waals surface area contributed by atoms with E-state index in [9.17, 15) is 4.79 Å². The Kier molecular flexibility index (Phi) is 2.94. The fourth-order valence-corrected chi connectivity index (χ4v) is 2.11. The molecule has 86 valence electrons. The number of pyridine rings is 1. The van der Waals surface area contributed by atoms with Gasteiger partial charge in [0.2, 0.25) is 5.91 Å². The lowest BCUT2D eigenvalue weighted by Gasteiger charge is -2.25. The van der Waals surface area contributed by atoms with Gasteiger partial charge in [0.1, 0.15) is 6.04 Å². The van der Waals surface area contributed by atoms with Gasteiger partial charge < -0.3 is 16.0 Å². The summed E-state index contributed by atoms with van der Waals surface area (Å²) in [6, 6.07) is 3.47. The summed E-state index contributed by atoms with van der Waals surface area (Å²) in [4.78, 5) is 17.9. The second kappa shape index (κ2) is 4.38. The highest BCUT2D eigenvalue weighted by Gasteiger charge is 2.31. The van der Waals surface area contributed by atoms with Gasteiger partial charge in [0.25, 0.3) is 0 Å². The van der Waals surface area contributed by atoms with Crippen LogP contribution < -0.4 is 16.0 Å². The third-order valence-electron chi connectivity index (χ3n) is 2.89. The first-order chi connectivity index (χ1) is 7.74. The van der Waals surface area contributed by atoms with Crippen molar-refractivity contribution >= 4 is 17.4 Å². The molecule has 2 rings (SSSR count). The largest absolute Gasteiger partial charge is 0.396 e. The Hall–Kier alpha value is -1.78. The van der Waals surface area contributed by atoms with Crippen LogP contribution in [0.15, 0.2) is 18.3 Å². The minimum atomic E-state index is -0.137. The van der Waals surface area contributed by atoms with Gasteiger partial charge in [0.15, 0.2) is 5.82 Å². The normalized spacial score (nSPS) is 19.8. The van der Waals surface area contributed by atoms with E-state index in [1.807, 2.05) is 11.0 Å². The summed E-state index contributed by atoms with van der Waals surface area (Å²) in [6.07, 6.45) is 3.55. The van der Waals surface area contributed by atoms with Gasteiger partial charge in [-0.1, -0.05) is 0 Å². The Balaban J connectivity index is 2.27. The van der Waals surface area contributed by atoms with Gasteiger partial charge >= 0.3 is 0 Å². The molecule has 0 aromatic carbocycles. The first-order valence-electron chi connectivity index (χ1n) is 5.42. The molecule has 3 N–H and O–H groups in total. The van der Waals surface area contributed by atoms with Gasteiger partial charge in [-0.2, -0.15) is 0 Å². The summed E-state index contributed by atoms with van der Waals surface area (Å²) in [7, 11) is 1.65. The van der Waals surface area contributed by atoms with Crippen LogP contribution >= 0.6 is 0 Å². The highest BCUT2D eigenvalue weighted by atomic mass is 16.2. The average Bonchev–Trinajstić information content (AvgIpc) is 2.77. The van der Waals surface area contributed by atoms with E-state index in [1.165, 1.54) is 0 Å². The molecule has 1 unspecified atom stereocenters. The number of carbonyl (C=O) groups excluding carboxylic acids is 1. The van der Waals surface area contributed by atoms with Crippen molar-refractivity contribution in [3.8, 4) is 0 Å². The number of anilines is 2. The van der Waals surface area contributed by atoms with Crippen LogP contribution in [0, 0.1) is 0 Å². The maximum absolute atomic E-state index is 11.7. The van der Waals surface area contributed by atoms with Crippen molar-refractivity contribution in [2.75, 3.05) is 24.2 Å². The van der Waals surface area contributed by atoms with E-state index in [2.05, 4.69) is 10.3 Å². The zero-order valence-corrected chi connectivity index (χ0v) is 9.31. The van der Waals surface area contributed by atoms with Gasteiger partial charge in [-0.25, -0.2) is 4.98 Å². The van der Waals surface area contributed by atoms with E-state index in [4.69, 9.17) is 5.73 Å². The highest BCUT2D eigenvalue weighted by Crippen LogP contribution is 2.27. The zero-order chi connectivity index (χ0) is 11.5. The van der Waals surface area contributed by atoms with Gasteiger partial charge in [-0.15, -0.1) is 0 Å². The summed E-state index contributed by atoms with van der Waals surface area (Å²) >= 11 is 0. The summed E-state index contributed by atoms with van der Waals surface area (Å²) < 4.78 is 0. The molecule has 0 aliphatic carbocycles. The van der Waals surface area contributed by atoms with Crippen molar-refractivity contribution in [1.82, 2.24) is 10.3 Å². The number of carbonyl (C=O) groups is 1. The predicted octanol–water partition coefficient (Wildman–Crippen LogP) is 0.379. The number of nitrogens with two attached hydrogens (primary N) is 1. The summed E-state index contributed by atoms with van der Waals surface area (Å²) in [6.45, 7) is 0.833. The molecular weight excluding hydrogens is 204 g/mol. The second-order valence-corrected chi connectivity index (χ2v) is 3.88. The SMILES string of the molecule is CNC(=O)C1CCCN1c1ncccc1N. The van der Waals surface area contributed by atoms with Crippen molar-refractivity contribution in [2.24, 2.45) is 0 Å². The molecule has 0 saturated carbocycles. The van der Waals surface area contributed by atoms with E-state index in [0.29, 0.717) is 11.5 Å². The first kappa shape index (κ1) is 10.7. The van der Waals surface area contributed by atoms with Crippen molar-refractivity contribution in [2.45, 2.75) is 18.9 Å². The second-order valence-electron chi connectivity index (χ2n) is 3.88. The molecule has 5 heteroatoms. The standard InChI is InChI=1S/C11H16N4O/c1-13-11(16)9-5-3-7-15(9)10-8(12)4-2-6-14-10/h2,4,6,9H,3,5,7,12H2,1H3,(H,13,16). The quantitative estimate of drug-likeness (QED) is 0.755. The molecule has 0 bridgehead atoms. The number of rotatable bonds is 2. The number of hydrogen-bond acceptors (Lipinski definition) is 4. The average molecular weight is 220 g/mol. The van der Waals surface area contributed by atoms with Crippen LogP contribution in [0.5, 0.6) is 0 Å². The van der Waals surface area contributed by atoms with Crippen LogP contribution in [0.4, 0.5) is 11.5 Å².